The number of nitrogens with zero attached hydrogens (tertiary/aromatic N) is 5. The van der Waals surface area contributed by atoms with E-state index in [0.717, 1.165) is 43.3 Å². The molecule has 1 fully saturated rings. The van der Waals surface area contributed by atoms with E-state index in [4.69, 9.17) is 15.7 Å². The Bertz CT molecular complexity index is 1070. The monoisotopic (exact) mass is 418 g/mol. The molecule has 3 aromatic rings. The van der Waals surface area contributed by atoms with Crippen LogP contribution in [0, 0.1) is 5.41 Å². The number of benzene rings is 1. The molecule has 1 saturated heterocycles. The molecule has 7 heteroatoms. The van der Waals surface area contributed by atoms with Crippen LogP contribution in [0.1, 0.15) is 42.1 Å². The summed E-state index contributed by atoms with van der Waals surface area (Å²) in [4.78, 5) is 13.2. The van der Waals surface area contributed by atoms with E-state index in [2.05, 4.69) is 38.9 Å². The molecule has 1 atom stereocenters. The summed E-state index contributed by atoms with van der Waals surface area (Å²) in [6.07, 6.45) is 11.5. The first-order valence-corrected chi connectivity index (χ1v) is 11.7. The van der Waals surface area contributed by atoms with E-state index in [0.29, 0.717) is 0 Å². The Morgan fingerprint density at radius 2 is 1.97 bits per heavy atom. The molecule has 1 aromatic carbocycles. The van der Waals surface area contributed by atoms with Crippen molar-refractivity contribution in [2.45, 2.75) is 54.6 Å². The van der Waals surface area contributed by atoms with E-state index in [1.807, 2.05) is 18.6 Å². The van der Waals surface area contributed by atoms with Gasteiger partial charge in [-0.3, -0.25) is 4.68 Å². The summed E-state index contributed by atoms with van der Waals surface area (Å²) in [5.74, 6) is 0.969. The van der Waals surface area contributed by atoms with E-state index in [1.165, 1.54) is 41.0 Å². The molecule has 2 N–H and O–H groups in total. The first kappa shape index (κ1) is 18.4. The average molecular weight is 419 g/mol. The van der Waals surface area contributed by atoms with Gasteiger partial charge in [0, 0.05) is 36.1 Å². The van der Waals surface area contributed by atoms with Gasteiger partial charge >= 0.3 is 0 Å². The number of fused-ring (bicyclic) bond motifs is 2. The summed E-state index contributed by atoms with van der Waals surface area (Å²) in [5, 5.41) is 5.41. The molecule has 4 heterocycles. The van der Waals surface area contributed by atoms with Gasteiger partial charge in [-0.1, -0.05) is 23.9 Å². The normalized spacial score (nSPS) is 21.8. The fraction of sp³-hybridized carbons (Fsp3) is 0.435. The Morgan fingerprint density at radius 1 is 1.07 bits per heavy atom. The molecule has 3 aliphatic rings. The van der Waals surface area contributed by atoms with Gasteiger partial charge in [0.25, 0.3) is 0 Å². The van der Waals surface area contributed by atoms with Crippen molar-refractivity contribution >= 4 is 17.6 Å². The lowest BCUT2D eigenvalue weighted by Gasteiger charge is -2.41. The van der Waals surface area contributed by atoms with Gasteiger partial charge in [0.05, 0.1) is 24.1 Å². The van der Waals surface area contributed by atoms with Crippen LogP contribution in [0.3, 0.4) is 0 Å². The number of piperidine rings is 1. The molecule has 6 nitrogen and oxygen atoms in total. The van der Waals surface area contributed by atoms with Gasteiger partial charge < -0.3 is 10.6 Å². The summed E-state index contributed by atoms with van der Waals surface area (Å²) >= 11 is 1.74. The summed E-state index contributed by atoms with van der Waals surface area (Å²) in [6, 6.07) is 8.78. The van der Waals surface area contributed by atoms with Gasteiger partial charge in [-0.25, -0.2) is 9.97 Å². The third-order valence-corrected chi connectivity index (χ3v) is 8.23. The number of anilines is 1. The predicted molar refractivity (Wildman–Crippen MR) is 118 cm³/mol. The molecule has 1 spiro atoms. The van der Waals surface area contributed by atoms with Crippen LogP contribution in [-0.2, 0) is 19.4 Å². The summed E-state index contributed by atoms with van der Waals surface area (Å²) in [5.41, 5.74) is 10.9. The second kappa shape index (κ2) is 7.10. The summed E-state index contributed by atoms with van der Waals surface area (Å²) in [7, 11) is 0. The van der Waals surface area contributed by atoms with Gasteiger partial charge in [-0.05, 0) is 55.4 Å². The van der Waals surface area contributed by atoms with E-state index in [1.54, 1.807) is 11.8 Å². The molecule has 2 aromatic heterocycles. The van der Waals surface area contributed by atoms with Crippen molar-refractivity contribution in [3.8, 4) is 0 Å². The molecule has 0 amide bonds. The van der Waals surface area contributed by atoms with Crippen molar-refractivity contribution in [1.82, 2.24) is 19.7 Å². The van der Waals surface area contributed by atoms with Crippen LogP contribution in [0.2, 0.25) is 0 Å². The predicted octanol–water partition coefficient (Wildman–Crippen LogP) is 3.61. The molecular weight excluding hydrogens is 392 g/mol. The highest BCUT2D eigenvalue weighted by molar-refractivity contribution is 7.99. The number of hydrogen-bond acceptors (Lipinski definition) is 6. The van der Waals surface area contributed by atoms with Crippen molar-refractivity contribution in [3.05, 3.63) is 59.7 Å². The summed E-state index contributed by atoms with van der Waals surface area (Å²) < 4.78 is 2.09. The smallest absolute Gasteiger partial charge is 0.147 e. The molecule has 154 valence electrons. The highest BCUT2D eigenvalue weighted by atomic mass is 32.2. The second-order valence-electron chi connectivity index (χ2n) is 8.80. The third-order valence-electron chi connectivity index (χ3n) is 7.21. The largest absolute Gasteiger partial charge is 0.355 e. The number of hydrogen-bond donors (Lipinski definition) is 1. The zero-order valence-corrected chi connectivity index (χ0v) is 17.8. The van der Waals surface area contributed by atoms with Gasteiger partial charge in [0.1, 0.15) is 10.8 Å². The lowest BCUT2D eigenvalue weighted by atomic mass is 9.73. The highest BCUT2D eigenvalue weighted by Crippen LogP contribution is 2.47. The van der Waals surface area contributed by atoms with Crippen LogP contribution in [0.25, 0.3) is 0 Å². The average Bonchev–Trinajstić information content (AvgIpc) is 3.48. The maximum absolute atomic E-state index is 6.61. The highest BCUT2D eigenvalue weighted by Gasteiger charge is 2.46. The van der Waals surface area contributed by atoms with E-state index in [-0.39, 0.29) is 11.5 Å². The minimum atomic E-state index is 0.0830. The van der Waals surface area contributed by atoms with Crippen molar-refractivity contribution in [2.24, 2.45) is 11.1 Å². The quantitative estimate of drug-likeness (QED) is 0.700. The number of rotatable bonds is 3. The first-order chi connectivity index (χ1) is 14.7. The molecular formula is C23H26N6S. The van der Waals surface area contributed by atoms with Crippen molar-refractivity contribution in [1.29, 1.82) is 0 Å². The Labute approximate surface area is 180 Å². The Morgan fingerprint density at radius 3 is 2.77 bits per heavy atom. The SMILES string of the molecule is N[C@@H]1c2ccnn2CC12CCN(c1cnc(Sc3cccc4c3CCC4)cn1)CC2. The number of aromatic nitrogens is 4. The van der Waals surface area contributed by atoms with Crippen LogP contribution < -0.4 is 10.6 Å². The number of aryl methyl sites for hydroxylation is 1. The molecule has 0 saturated carbocycles. The zero-order chi connectivity index (χ0) is 20.1. The Balaban J connectivity index is 1.13. The van der Waals surface area contributed by atoms with E-state index < -0.39 is 0 Å². The standard InChI is InChI=1S/C23H26N6S/c24-22-18-7-10-27-29(18)15-23(22)8-11-28(12-9-23)20-13-26-21(14-25-20)30-19-6-2-4-16-3-1-5-17(16)19/h2,4,6-7,10,13-14,22H,1,3,5,8-9,11-12,15,24H2/t22-/m1/s1. The van der Waals surface area contributed by atoms with Crippen molar-refractivity contribution in [3.63, 3.8) is 0 Å². The third kappa shape index (κ3) is 2.94. The van der Waals surface area contributed by atoms with E-state index in [9.17, 15) is 0 Å². The van der Waals surface area contributed by atoms with Gasteiger partial charge in [-0.2, -0.15) is 5.10 Å². The van der Waals surface area contributed by atoms with Crippen LogP contribution in [-0.4, -0.2) is 32.8 Å². The lowest BCUT2D eigenvalue weighted by Crippen LogP contribution is -2.45. The molecule has 0 unspecified atom stereocenters. The minimum absolute atomic E-state index is 0.0830. The molecule has 1 aliphatic carbocycles. The molecule has 0 radical (unpaired) electrons. The zero-order valence-electron chi connectivity index (χ0n) is 17.0. The van der Waals surface area contributed by atoms with Gasteiger partial charge in [0.2, 0.25) is 0 Å². The fourth-order valence-electron chi connectivity index (χ4n) is 5.42. The maximum Gasteiger partial charge on any atom is 0.147 e. The Hall–Kier alpha value is -2.38. The number of nitrogens with two attached hydrogens (primary N) is 1. The van der Waals surface area contributed by atoms with Crippen LogP contribution in [0.4, 0.5) is 5.82 Å². The summed E-state index contributed by atoms with van der Waals surface area (Å²) in [6.45, 7) is 2.87. The van der Waals surface area contributed by atoms with Crippen molar-refractivity contribution < 1.29 is 0 Å². The molecule has 6 rings (SSSR count). The maximum atomic E-state index is 6.61. The van der Waals surface area contributed by atoms with Crippen molar-refractivity contribution in [2.75, 3.05) is 18.0 Å². The first-order valence-electron chi connectivity index (χ1n) is 10.8. The van der Waals surface area contributed by atoms with Crippen LogP contribution >= 0.6 is 11.8 Å². The van der Waals surface area contributed by atoms with Crippen LogP contribution in [0.5, 0.6) is 0 Å². The van der Waals surface area contributed by atoms with Gasteiger partial charge in [-0.15, -0.1) is 0 Å². The fourth-order valence-corrected chi connectivity index (χ4v) is 6.36. The second-order valence-corrected chi connectivity index (χ2v) is 9.87. The molecule has 2 aliphatic heterocycles. The van der Waals surface area contributed by atoms with E-state index >= 15 is 0 Å². The Kier molecular flexibility index (Phi) is 4.35. The van der Waals surface area contributed by atoms with Gasteiger partial charge in [0.15, 0.2) is 0 Å². The van der Waals surface area contributed by atoms with Crippen LogP contribution in [0.15, 0.2) is 52.8 Å². The molecule has 30 heavy (non-hydrogen) atoms. The minimum Gasteiger partial charge on any atom is -0.355 e. The lowest BCUT2D eigenvalue weighted by molar-refractivity contribution is 0.170. The topological polar surface area (TPSA) is 72.9 Å². The molecule has 0 bridgehead atoms.